The molecule has 49 heavy (non-hydrogen) atoms. The number of carbonyl (C=O) groups is 3. The molecule has 0 N–H and O–H groups in total. The maximum Gasteiger partial charge on any atom is 0.306 e. The molecule has 0 aromatic carbocycles. The van der Waals surface area contributed by atoms with Crippen molar-refractivity contribution in [3.05, 3.63) is 0 Å². The Kier molecular flexibility index (Phi) is 35.0. The minimum absolute atomic E-state index is 0.0666. The van der Waals surface area contributed by atoms with Gasteiger partial charge in [0, 0.05) is 19.3 Å². The van der Waals surface area contributed by atoms with E-state index < -0.39 is 6.10 Å². The number of unbranched alkanes of at least 4 members (excludes halogenated alkanes) is 22. The third kappa shape index (κ3) is 37.5. The van der Waals surface area contributed by atoms with Crippen molar-refractivity contribution in [3.63, 3.8) is 0 Å². The van der Waals surface area contributed by atoms with Crippen molar-refractivity contribution in [2.75, 3.05) is 13.2 Å². The first kappa shape index (κ1) is 47.4. The summed E-state index contributed by atoms with van der Waals surface area (Å²) in [4.78, 5) is 37.4. The van der Waals surface area contributed by atoms with Gasteiger partial charge in [-0.2, -0.15) is 0 Å². The van der Waals surface area contributed by atoms with E-state index in [1.165, 1.54) is 109 Å². The maximum atomic E-state index is 12.6. The zero-order chi connectivity index (χ0) is 36.2. The first-order valence-corrected chi connectivity index (χ1v) is 21.2. The van der Waals surface area contributed by atoms with Crippen molar-refractivity contribution in [2.24, 2.45) is 11.8 Å². The Bertz CT molecular complexity index is 749. The number of rotatable bonds is 37. The Balaban J connectivity index is 4.23. The van der Waals surface area contributed by atoms with Crippen LogP contribution in [0.4, 0.5) is 0 Å². The van der Waals surface area contributed by atoms with E-state index in [1.807, 2.05) is 0 Å². The Morgan fingerprint density at radius 1 is 0.388 bits per heavy atom. The fourth-order valence-electron chi connectivity index (χ4n) is 6.22. The standard InChI is InChI=1S/C43H82O6/c1-6-7-8-21-28-33-41(44)47-36-40(37-48-42(45)34-29-24-19-16-12-14-18-23-27-32-39(4)5)49-43(46)35-30-25-20-15-11-9-10-13-17-22-26-31-38(2)3/h38-40H,6-37H2,1-5H3/t40-/m1/s1. The fourth-order valence-corrected chi connectivity index (χ4v) is 6.22. The van der Waals surface area contributed by atoms with Gasteiger partial charge in [-0.3, -0.25) is 14.4 Å². The van der Waals surface area contributed by atoms with Crippen LogP contribution in [0.3, 0.4) is 0 Å². The number of carbonyl (C=O) groups excluding carboxylic acids is 3. The molecule has 0 rings (SSSR count). The summed E-state index contributed by atoms with van der Waals surface area (Å²) < 4.78 is 16.6. The predicted octanol–water partition coefficient (Wildman–Crippen LogP) is 13.0. The van der Waals surface area contributed by atoms with Crippen LogP contribution < -0.4 is 0 Å². The predicted molar refractivity (Wildman–Crippen MR) is 206 cm³/mol. The molecule has 0 aliphatic heterocycles. The maximum absolute atomic E-state index is 12.6. The van der Waals surface area contributed by atoms with Crippen molar-refractivity contribution < 1.29 is 28.6 Å². The molecule has 0 saturated carbocycles. The Hall–Kier alpha value is -1.59. The molecule has 0 fully saturated rings. The summed E-state index contributed by atoms with van der Waals surface area (Å²) in [5, 5.41) is 0. The zero-order valence-electron chi connectivity index (χ0n) is 33.3. The highest BCUT2D eigenvalue weighted by atomic mass is 16.6. The molecule has 6 heteroatoms. The molecule has 0 heterocycles. The number of ether oxygens (including phenoxy) is 3. The van der Waals surface area contributed by atoms with Gasteiger partial charge in [0.15, 0.2) is 6.10 Å². The Morgan fingerprint density at radius 2 is 0.673 bits per heavy atom. The van der Waals surface area contributed by atoms with Gasteiger partial charge in [0.2, 0.25) is 0 Å². The van der Waals surface area contributed by atoms with Crippen LogP contribution in [0.25, 0.3) is 0 Å². The summed E-state index contributed by atoms with van der Waals surface area (Å²) in [5.74, 6) is 0.758. The van der Waals surface area contributed by atoms with Crippen LogP contribution >= 0.6 is 0 Å². The van der Waals surface area contributed by atoms with Crippen molar-refractivity contribution in [3.8, 4) is 0 Å². The molecule has 0 spiro atoms. The highest BCUT2D eigenvalue weighted by Gasteiger charge is 2.19. The van der Waals surface area contributed by atoms with E-state index in [-0.39, 0.29) is 31.1 Å². The molecule has 0 aliphatic rings. The second kappa shape index (κ2) is 36.2. The summed E-state index contributed by atoms with van der Waals surface area (Å²) in [6.45, 7) is 11.2. The van der Waals surface area contributed by atoms with Crippen LogP contribution in [-0.4, -0.2) is 37.2 Å². The highest BCUT2D eigenvalue weighted by molar-refractivity contribution is 5.71. The lowest BCUT2D eigenvalue weighted by atomic mass is 10.0. The molecular formula is C43H82O6. The normalized spacial score (nSPS) is 12.1. The molecule has 0 saturated heterocycles. The largest absolute Gasteiger partial charge is 0.462 e. The summed E-state index contributed by atoms with van der Waals surface area (Å²) in [6, 6.07) is 0. The van der Waals surface area contributed by atoms with Crippen LogP contribution in [-0.2, 0) is 28.6 Å². The molecule has 6 nitrogen and oxygen atoms in total. The summed E-state index contributed by atoms with van der Waals surface area (Å²) in [5.41, 5.74) is 0. The van der Waals surface area contributed by atoms with E-state index in [2.05, 4.69) is 34.6 Å². The first-order valence-electron chi connectivity index (χ1n) is 21.2. The number of esters is 3. The van der Waals surface area contributed by atoms with Gasteiger partial charge in [0.05, 0.1) is 0 Å². The van der Waals surface area contributed by atoms with Crippen molar-refractivity contribution >= 4 is 17.9 Å². The molecular weight excluding hydrogens is 612 g/mol. The Labute approximate surface area is 304 Å². The van der Waals surface area contributed by atoms with E-state index in [4.69, 9.17) is 14.2 Å². The first-order chi connectivity index (χ1) is 23.7. The number of hydrogen-bond donors (Lipinski definition) is 0. The molecule has 0 bridgehead atoms. The van der Waals surface area contributed by atoms with Gasteiger partial charge >= 0.3 is 17.9 Å². The lowest BCUT2D eigenvalue weighted by molar-refractivity contribution is -0.167. The second-order valence-electron chi connectivity index (χ2n) is 15.6. The molecule has 0 amide bonds. The fraction of sp³-hybridized carbons (Fsp3) is 0.930. The average molecular weight is 695 g/mol. The molecule has 290 valence electrons. The lowest BCUT2D eigenvalue weighted by Crippen LogP contribution is -2.30. The van der Waals surface area contributed by atoms with Gasteiger partial charge < -0.3 is 14.2 Å². The third-order valence-corrected chi connectivity index (χ3v) is 9.47. The van der Waals surface area contributed by atoms with Crippen molar-refractivity contribution in [1.82, 2.24) is 0 Å². The number of hydrogen-bond acceptors (Lipinski definition) is 6. The van der Waals surface area contributed by atoms with Crippen LogP contribution in [0, 0.1) is 11.8 Å². The smallest absolute Gasteiger partial charge is 0.306 e. The van der Waals surface area contributed by atoms with E-state index in [0.29, 0.717) is 19.3 Å². The molecule has 0 aromatic heterocycles. The van der Waals surface area contributed by atoms with Crippen LogP contribution in [0.5, 0.6) is 0 Å². The van der Waals surface area contributed by atoms with Crippen molar-refractivity contribution in [1.29, 1.82) is 0 Å². The topological polar surface area (TPSA) is 78.9 Å². The average Bonchev–Trinajstić information content (AvgIpc) is 3.06. The summed E-state index contributed by atoms with van der Waals surface area (Å²) in [6.07, 6.45) is 32.6. The summed E-state index contributed by atoms with van der Waals surface area (Å²) in [7, 11) is 0. The van der Waals surface area contributed by atoms with Gasteiger partial charge in [0.1, 0.15) is 13.2 Å². The van der Waals surface area contributed by atoms with Gasteiger partial charge in [-0.1, -0.05) is 189 Å². The molecule has 0 radical (unpaired) electrons. The van der Waals surface area contributed by atoms with E-state index in [9.17, 15) is 14.4 Å². The van der Waals surface area contributed by atoms with Gasteiger partial charge in [-0.05, 0) is 31.1 Å². The lowest BCUT2D eigenvalue weighted by Gasteiger charge is -2.18. The van der Waals surface area contributed by atoms with E-state index in [0.717, 1.165) is 76.0 Å². The van der Waals surface area contributed by atoms with Crippen LogP contribution in [0.2, 0.25) is 0 Å². The second-order valence-corrected chi connectivity index (χ2v) is 15.6. The van der Waals surface area contributed by atoms with E-state index in [1.54, 1.807) is 0 Å². The van der Waals surface area contributed by atoms with E-state index >= 15 is 0 Å². The minimum atomic E-state index is -0.758. The SMILES string of the molecule is CCCCCCCC(=O)OC[C@H](COC(=O)CCCCCCCCCCCC(C)C)OC(=O)CCCCCCCCCCCCCC(C)C. The van der Waals surface area contributed by atoms with Gasteiger partial charge in [-0.25, -0.2) is 0 Å². The zero-order valence-corrected chi connectivity index (χ0v) is 33.3. The molecule has 0 unspecified atom stereocenters. The summed E-state index contributed by atoms with van der Waals surface area (Å²) >= 11 is 0. The third-order valence-electron chi connectivity index (χ3n) is 9.47. The molecule has 1 atom stereocenters. The highest BCUT2D eigenvalue weighted by Crippen LogP contribution is 2.16. The Morgan fingerprint density at radius 3 is 1.00 bits per heavy atom. The van der Waals surface area contributed by atoms with Crippen LogP contribution in [0.15, 0.2) is 0 Å². The van der Waals surface area contributed by atoms with Crippen LogP contribution in [0.1, 0.15) is 227 Å². The quantitative estimate of drug-likeness (QED) is 0.0366. The minimum Gasteiger partial charge on any atom is -0.462 e. The molecule has 0 aliphatic carbocycles. The van der Waals surface area contributed by atoms with Gasteiger partial charge in [0.25, 0.3) is 0 Å². The van der Waals surface area contributed by atoms with Gasteiger partial charge in [-0.15, -0.1) is 0 Å². The molecule has 0 aromatic rings. The monoisotopic (exact) mass is 695 g/mol. The van der Waals surface area contributed by atoms with Crippen molar-refractivity contribution in [2.45, 2.75) is 233 Å².